The van der Waals surface area contributed by atoms with Gasteiger partial charge in [-0.3, -0.25) is 4.79 Å². The van der Waals surface area contributed by atoms with Crippen molar-refractivity contribution in [2.24, 2.45) is 0 Å². The summed E-state index contributed by atoms with van der Waals surface area (Å²) in [7, 11) is 0. The lowest BCUT2D eigenvalue weighted by Gasteiger charge is -2.35. The Labute approximate surface area is 220 Å². The van der Waals surface area contributed by atoms with Crippen LogP contribution in [0, 0.1) is 0 Å². The molecule has 2 N–H and O–H groups in total. The SMILES string of the molecule is Nc1nc(N2CCN(C(=O)COc3ccc(Cl)cc3)CC2)c2nc(-c3ccc(Cl)c(Cl)c3)sc2n1. The van der Waals surface area contributed by atoms with Gasteiger partial charge in [0.1, 0.15) is 16.3 Å². The molecule has 0 saturated carbocycles. The molecule has 1 fully saturated rings. The van der Waals surface area contributed by atoms with Gasteiger partial charge in [-0.1, -0.05) is 52.2 Å². The van der Waals surface area contributed by atoms with E-state index in [0.717, 1.165) is 10.6 Å². The quantitative estimate of drug-likeness (QED) is 0.373. The van der Waals surface area contributed by atoms with Crippen LogP contribution in [-0.2, 0) is 4.79 Å². The number of fused-ring (bicyclic) bond motifs is 1. The summed E-state index contributed by atoms with van der Waals surface area (Å²) in [4.78, 5) is 30.8. The third-order valence-electron chi connectivity index (χ3n) is 5.53. The van der Waals surface area contributed by atoms with Crippen LogP contribution in [0.2, 0.25) is 15.1 Å². The highest BCUT2D eigenvalue weighted by Crippen LogP contribution is 2.36. The molecule has 180 valence electrons. The van der Waals surface area contributed by atoms with Gasteiger partial charge in [-0.05, 0) is 36.4 Å². The van der Waals surface area contributed by atoms with Crippen LogP contribution in [0.4, 0.5) is 11.8 Å². The van der Waals surface area contributed by atoms with Gasteiger partial charge < -0.3 is 20.3 Å². The minimum Gasteiger partial charge on any atom is -0.484 e. The highest BCUT2D eigenvalue weighted by molar-refractivity contribution is 7.21. The number of rotatable bonds is 5. The van der Waals surface area contributed by atoms with Crippen molar-refractivity contribution in [1.82, 2.24) is 19.9 Å². The first-order valence-electron chi connectivity index (χ1n) is 10.7. The Morgan fingerprint density at radius 1 is 0.971 bits per heavy atom. The maximum absolute atomic E-state index is 12.6. The second-order valence-electron chi connectivity index (χ2n) is 7.82. The molecule has 12 heteroatoms. The Hall–Kier alpha value is -2.85. The van der Waals surface area contributed by atoms with E-state index in [1.165, 1.54) is 11.3 Å². The molecule has 2 aromatic heterocycles. The maximum atomic E-state index is 12.6. The normalized spacial score (nSPS) is 13.9. The van der Waals surface area contributed by atoms with Crippen molar-refractivity contribution in [1.29, 1.82) is 0 Å². The summed E-state index contributed by atoms with van der Waals surface area (Å²) < 4.78 is 5.59. The van der Waals surface area contributed by atoms with E-state index in [0.29, 0.717) is 63.2 Å². The van der Waals surface area contributed by atoms with Crippen LogP contribution in [0.3, 0.4) is 0 Å². The van der Waals surface area contributed by atoms with Gasteiger partial charge in [0, 0.05) is 36.8 Å². The smallest absolute Gasteiger partial charge is 0.260 e. The number of nitrogens with two attached hydrogens (primary N) is 1. The number of thiazole rings is 1. The predicted octanol–water partition coefficient (Wildman–Crippen LogP) is 5.02. The van der Waals surface area contributed by atoms with Gasteiger partial charge >= 0.3 is 0 Å². The topological polar surface area (TPSA) is 97.5 Å². The molecule has 5 rings (SSSR count). The summed E-state index contributed by atoms with van der Waals surface area (Å²) in [6.45, 7) is 2.18. The lowest BCUT2D eigenvalue weighted by atomic mass is 10.2. The van der Waals surface area contributed by atoms with E-state index in [1.807, 2.05) is 6.07 Å². The Morgan fingerprint density at radius 2 is 1.71 bits per heavy atom. The van der Waals surface area contributed by atoms with Crippen molar-refractivity contribution in [3.05, 3.63) is 57.5 Å². The molecule has 3 heterocycles. The molecule has 1 aliphatic heterocycles. The van der Waals surface area contributed by atoms with Crippen LogP contribution in [0.5, 0.6) is 5.75 Å². The number of halogens is 3. The first kappa shape index (κ1) is 23.9. The van der Waals surface area contributed by atoms with Crippen LogP contribution in [0.1, 0.15) is 0 Å². The van der Waals surface area contributed by atoms with Gasteiger partial charge in [0.05, 0.1) is 10.0 Å². The maximum Gasteiger partial charge on any atom is 0.260 e. The molecule has 8 nitrogen and oxygen atoms in total. The fourth-order valence-electron chi connectivity index (χ4n) is 3.73. The molecule has 1 aliphatic rings. The van der Waals surface area contributed by atoms with E-state index in [-0.39, 0.29) is 18.5 Å². The second kappa shape index (κ2) is 10.0. The number of carbonyl (C=O) groups excluding carboxylic acids is 1. The fraction of sp³-hybridized carbons (Fsp3) is 0.217. The summed E-state index contributed by atoms with van der Waals surface area (Å²) in [5.74, 6) is 1.34. The molecule has 1 amide bonds. The molecule has 0 bridgehead atoms. The number of carbonyl (C=O) groups is 1. The van der Waals surface area contributed by atoms with Crippen molar-refractivity contribution >= 4 is 74.2 Å². The van der Waals surface area contributed by atoms with Crippen LogP contribution >= 0.6 is 46.1 Å². The molecule has 0 atom stereocenters. The molecular formula is C23H19Cl3N6O2S. The average molecular weight is 550 g/mol. The fourth-order valence-corrected chi connectivity index (χ4v) is 5.09. The zero-order valence-electron chi connectivity index (χ0n) is 18.2. The number of piperazine rings is 1. The van der Waals surface area contributed by atoms with Crippen molar-refractivity contribution in [3.63, 3.8) is 0 Å². The van der Waals surface area contributed by atoms with E-state index in [9.17, 15) is 4.79 Å². The number of anilines is 2. The minimum atomic E-state index is -0.0810. The van der Waals surface area contributed by atoms with Crippen LogP contribution in [-0.4, -0.2) is 58.5 Å². The van der Waals surface area contributed by atoms with Crippen molar-refractivity contribution in [3.8, 4) is 16.3 Å². The number of benzene rings is 2. The zero-order chi connectivity index (χ0) is 24.5. The lowest BCUT2D eigenvalue weighted by Crippen LogP contribution is -2.50. The van der Waals surface area contributed by atoms with Gasteiger partial charge in [0.15, 0.2) is 17.3 Å². The number of nitrogens with zero attached hydrogens (tertiary/aromatic N) is 5. The molecular weight excluding hydrogens is 531 g/mol. The summed E-state index contributed by atoms with van der Waals surface area (Å²) in [6, 6.07) is 12.3. The second-order valence-corrected chi connectivity index (χ2v) is 10.0. The third kappa shape index (κ3) is 5.23. The van der Waals surface area contributed by atoms with Gasteiger partial charge in [-0.15, -0.1) is 0 Å². The Kier molecular flexibility index (Phi) is 6.84. The van der Waals surface area contributed by atoms with Crippen LogP contribution in [0.15, 0.2) is 42.5 Å². The number of hydrogen-bond acceptors (Lipinski definition) is 8. The van der Waals surface area contributed by atoms with Crippen molar-refractivity contribution < 1.29 is 9.53 Å². The Bertz CT molecular complexity index is 1390. The van der Waals surface area contributed by atoms with Gasteiger partial charge in [-0.25, -0.2) is 9.97 Å². The Balaban J connectivity index is 1.29. The molecule has 0 spiro atoms. The Morgan fingerprint density at radius 3 is 2.43 bits per heavy atom. The van der Waals surface area contributed by atoms with Crippen LogP contribution < -0.4 is 15.4 Å². The molecule has 1 saturated heterocycles. The highest BCUT2D eigenvalue weighted by atomic mass is 35.5. The first-order valence-corrected chi connectivity index (χ1v) is 12.6. The number of hydrogen-bond donors (Lipinski definition) is 1. The van der Waals surface area contributed by atoms with E-state index in [2.05, 4.69) is 14.9 Å². The van der Waals surface area contributed by atoms with E-state index < -0.39 is 0 Å². The van der Waals surface area contributed by atoms with Gasteiger partial charge in [0.2, 0.25) is 5.95 Å². The number of aromatic nitrogens is 3. The summed E-state index contributed by atoms with van der Waals surface area (Å²) in [5.41, 5.74) is 7.50. The average Bonchev–Trinajstić information content (AvgIpc) is 3.29. The predicted molar refractivity (Wildman–Crippen MR) is 141 cm³/mol. The van der Waals surface area contributed by atoms with Crippen molar-refractivity contribution in [2.45, 2.75) is 0 Å². The third-order valence-corrected chi connectivity index (χ3v) is 7.52. The largest absolute Gasteiger partial charge is 0.484 e. The molecule has 0 radical (unpaired) electrons. The number of ether oxygens (including phenoxy) is 1. The van der Waals surface area contributed by atoms with Gasteiger partial charge in [0.25, 0.3) is 5.91 Å². The highest BCUT2D eigenvalue weighted by Gasteiger charge is 2.25. The number of amides is 1. The molecule has 0 aliphatic carbocycles. The van der Waals surface area contributed by atoms with E-state index >= 15 is 0 Å². The molecule has 0 unspecified atom stereocenters. The standard InChI is InChI=1S/C23H19Cl3N6O2S/c24-14-2-4-15(5-3-14)34-12-18(33)31-7-9-32(10-8-31)20-19-22(30-23(27)29-20)35-21(28-19)13-1-6-16(25)17(26)11-13/h1-6,11H,7-10,12H2,(H2,27,29,30). The summed E-state index contributed by atoms with van der Waals surface area (Å²) in [6.07, 6.45) is 0. The molecule has 2 aromatic carbocycles. The summed E-state index contributed by atoms with van der Waals surface area (Å²) in [5, 5.41) is 2.29. The van der Waals surface area contributed by atoms with Crippen LogP contribution in [0.25, 0.3) is 20.9 Å². The van der Waals surface area contributed by atoms with E-state index in [4.69, 9.17) is 50.3 Å². The minimum absolute atomic E-state index is 0.0363. The summed E-state index contributed by atoms with van der Waals surface area (Å²) >= 11 is 19.5. The molecule has 4 aromatic rings. The monoisotopic (exact) mass is 548 g/mol. The first-order chi connectivity index (χ1) is 16.9. The molecule has 35 heavy (non-hydrogen) atoms. The van der Waals surface area contributed by atoms with E-state index in [1.54, 1.807) is 41.3 Å². The van der Waals surface area contributed by atoms with Gasteiger partial charge in [-0.2, -0.15) is 4.98 Å². The van der Waals surface area contributed by atoms with Crippen molar-refractivity contribution in [2.75, 3.05) is 43.4 Å². The zero-order valence-corrected chi connectivity index (χ0v) is 21.3. The lowest BCUT2D eigenvalue weighted by molar-refractivity contribution is -0.133. The number of nitrogen functional groups attached to an aromatic ring is 1.